The van der Waals surface area contributed by atoms with Gasteiger partial charge in [0.2, 0.25) is 5.91 Å². The molecule has 1 atom stereocenters. The molecule has 2 aliphatic rings. The van der Waals surface area contributed by atoms with Crippen LogP contribution in [0.1, 0.15) is 31.5 Å². The second-order valence-electron chi connectivity index (χ2n) is 5.51. The summed E-state index contributed by atoms with van der Waals surface area (Å²) in [5.41, 5.74) is 0. The molecule has 7 heteroatoms. The maximum atomic E-state index is 12.3. The molecular formula is C14H19ClN4O2. The predicted octanol–water partition coefficient (Wildman–Crippen LogP) is 1.67. The Morgan fingerprint density at radius 2 is 2.14 bits per heavy atom. The second-order valence-corrected chi connectivity index (χ2v) is 5.90. The Morgan fingerprint density at radius 1 is 1.43 bits per heavy atom. The van der Waals surface area contributed by atoms with E-state index in [0.717, 1.165) is 18.7 Å². The van der Waals surface area contributed by atoms with Crippen LogP contribution in [-0.4, -0.2) is 53.1 Å². The van der Waals surface area contributed by atoms with Crippen LogP contribution in [-0.2, 0) is 9.53 Å². The molecule has 0 bridgehead atoms. The molecule has 1 unspecified atom stereocenters. The Balaban J connectivity index is 1.66. The number of hydrogen-bond acceptors (Lipinski definition) is 5. The van der Waals surface area contributed by atoms with Gasteiger partial charge in [-0.2, -0.15) is 0 Å². The van der Waals surface area contributed by atoms with Crippen molar-refractivity contribution >= 4 is 23.3 Å². The van der Waals surface area contributed by atoms with Gasteiger partial charge in [0.25, 0.3) is 0 Å². The highest BCUT2D eigenvalue weighted by Gasteiger charge is 2.28. The van der Waals surface area contributed by atoms with Gasteiger partial charge in [0.05, 0.1) is 13.2 Å². The van der Waals surface area contributed by atoms with E-state index >= 15 is 0 Å². The largest absolute Gasteiger partial charge is 0.378 e. The van der Waals surface area contributed by atoms with Gasteiger partial charge < -0.3 is 15.0 Å². The second kappa shape index (κ2) is 6.15. The topological polar surface area (TPSA) is 67.4 Å². The van der Waals surface area contributed by atoms with Gasteiger partial charge in [-0.3, -0.25) is 4.79 Å². The average molecular weight is 311 g/mol. The highest BCUT2D eigenvalue weighted by atomic mass is 35.5. The molecule has 1 saturated heterocycles. The molecule has 114 valence electrons. The van der Waals surface area contributed by atoms with Gasteiger partial charge in [-0.05, 0) is 19.8 Å². The summed E-state index contributed by atoms with van der Waals surface area (Å²) >= 11 is 6.03. The minimum Gasteiger partial charge on any atom is -0.378 e. The molecule has 0 spiro atoms. The summed E-state index contributed by atoms with van der Waals surface area (Å²) in [4.78, 5) is 22.9. The third-order valence-corrected chi connectivity index (χ3v) is 3.91. The Kier molecular flexibility index (Phi) is 4.26. The summed E-state index contributed by atoms with van der Waals surface area (Å²) in [5, 5.41) is 3.55. The number of nitrogens with one attached hydrogen (secondary N) is 1. The fourth-order valence-corrected chi connectivity index (χ4v) is 2.56. The summed E-state index contributed by atoms with van der Waals surface area (Å²) in [6.07, 6.45) is 2.23. The zero-order valence-corrected chi connectivity index (χ0v) is 12.8. The van der Waals surface area contributed by atoms with Crippen LogP contribution in [0.5, 0.6) is 0 Å². The number of amides is 1. The lowest BCUT2D eigenvalue weighted by Gasteiger charge is -2.29. The molecule has 1 amide bonds. The van der Waals surface area contributed by atoms with Crippen LogP contribution in [0, 0.1) is 0 Å². The quantitative estimate of drug-likeness (QED) is 0.857. The van der Waals surface area contributed by atoms with Crippen LogP contribution in [0.4, 0.5) is 5.82 Å². The maximum absolute atomic E-state index is 12.3. The first kappa shape index (κ1) is 14.5. The summed E-state index contributed by atoms with van der Waals surface area (Å²) in [7, 11) is 0. The van der Waals surface area contributed by atoms with Crippen molar-refractivity contribution in [2.24, 2.45) is 0 Å². The number of nitrogens with zero attached hydrogens (tertiary/aromatic N) is 3. The van der Waals surface area contributed by atoms with Crippen molar-refractivity contribution in [3.05, 3.63) is 17.0 Å². The first-order valence-corrected chi connectivity index (χ1v) is 7.69. The molecular weight excluding hydrogens is 292 g/mol. The number of ether oxygens (including phenoxy) is 1. The van der Waals surface area contributed by atoms with Gasteiger partial charge in [-0.25, -0.2) is 9.97 Å². The van der Waals surface area contributed by atoms with Crippen LogP contribution in [0.25, 0.3) is 0 Å². The van der Waals surface area contributed by atoms with Gasteiger partial charge >= 0.3 is 0 Å². The van der Waals surface area contributed by atoms with Gasteiger partial charge in [0.1, 0.15) is 22.8 Å². The van der Waals surface area contributed by atoms with Gasteiger partial charge in [0.15, 0.2) is 0 Å². The van der Waals surface area contributed by atoms with E-state index in [4.69, 9.17) is 16.3 Å². The third kappa shape index (κ3) is 3.63. The summed E-state index contributed by atoms with van der Waals surface area (Å²) < 4.78 is 5.26. The number of aromatic nitrogens is 2. The van der Waals surface area contributed by atoms with E-state index in [9.17, 15) is 4.79 Å². The fourth-order valence-electron chi connectivity index (χ4n) is 2.37. The van der Waals surface area contributed by atoms with Crippen molar-refractivity contribution in [1.82, 2.24) is 14.9 Å². The fraction of sp³-hybridized carbons (Fsp3) is 0.643. The average Bonchev–Trinajstić information content (AvgIpc) is 3.31. The van der Waals surface area contributed by atoms with E-state index in [0.29, 0.717) is 43.2 Å². The van der Waals surface area contributed by atoms with Gasteiger partial charge in [-0.1, -0.05) is 11.6 Å². The Morgan fingerprint density at radius 3 is 2.81 bits per heavy atom. The molecule has 21 heavy (non-hydrogen) atoms. The molecule has 2 heterocycles. The predicted molar refractivity (Wildman–Crippen MR) is 79.5 cm³/mol. The minimum atomic E-state index is -0.346. The number of rotatable bonds is 4. The Hall–Kier alpha value is -1.40. The molecule has 2 fully saturated rings. The molecule has 1 aromatic rings. The SMILES string of the molecule is CC(Nc1cc(Cl)nc(C2CC2)n1)C(=O)N1CCOCC1. The molecule has 1 aliphatic carbocycles. The third-order valence-electron chi connectivity index (χ3n) is 3.71. The lowest BCUT2D eigenvalue weighted by molar-refractivity contribution is -0.135. The Bertz CT molecular complexity index is 530. The van der Waals surface area contributed by atoms with E-state index in [1.165, 1.54) is 0 Å². The van der Waals surface area contributed by atoms with E-state index in [1.807, 2.05) is 11.8 Å². The van der Waals surface area contributed by atoms with Crippen molar-refractivity contribution in [3.8, 4) is 0 Å². The number of anilines is 1. The lowest BCUT2D eigenvalue weighted by Crippen LogP contribution is -2.47. The zero-order valence-electron chi connectivity index (χ0n) is 12.0. The number of halogens is 1. The molecule has 0 radical (unpaired) electrons. The molecule has 1 aliphatic heterocycles. The van der Waals surface area contributed by atoms with Crippen LogP contribution in [0.2, 0.25) is 5.15 Å². The zero-order chi connectivity index (χ0) is 14.8. The molecule has 3 rings (SSSR count). The molecule has 1 saturated carbocycles. The molecule has 6 nitrogen and oxygen atoms in total. The summed E-state index contributed by atoms with van der Waals surface area (Å²) in [6, 6.07) is 1.32. The van der Waals surface area contributed by atoms with E-state index in [-0.39, 0.29) is 11.9 Å². The minimum absolute atomic E-state index is 0.0565. The highest BCUT2D eigenvalue weighted by Crippen LogP contribution is 2.38. The Labute approximate surface area is 128 Å². The number of morpholine rings is 1. The smallest absolute Gasteiger partial charge is 0.244 e. The van der Waals surface area contributed by atoms with Crippen molar-refractivity contribution in [3.63, 3.8) is 0 Å². The van der Waals surface area contributed by atoms with E-state index in [2.05, 4.69) is 15.3 Å². The maximum Gasteiger partial charge on any atom is 0.244 e. The van der Waals surface area contributed by atoms with Crippen LogP contribution in [0.3, 0.4) is 0 Å². The van der Waals surface area contributed by atoms with Crippen molar-refractivity contribution in [2.45, 2.75) is 31.7 Å². The lowest BCUT2D eigenvalue weighted by atomic mass is 10.2. The van der Waals surface area contributed by atoms with Gasteiger partial charge in [0, 0.05) is 25.1 Å². The van der Waals surface area contributed by atoms with Crippen LogP contribution in [0.15, 0.2) is 6.07 Å². The van der Waals surface area contributed by atoms with Crippen molar-refractivity contribution in [2.75, 3.05) is 31.6 Å². The first-order valence-electron chi connectivity index (χ1n) is 7.31. The first-order chi connectivity index (χ1) is 10.1. The molecule has 1 aromatic heterocycles. The summed E-state index contributed by atoms with van der Waals surface area (Å²) in [5.74, 6) is 1.87. The van der Waals surface area contributed by atoms with Crippen LogP contribution < -0.4 is 5.32 Å². The molecule has 0 aromatic carbocycles. The van der Waals surface area contributed by atoms with Crippen LogP contribution >= 0.6 is 11.6 Å². The standard InChI is InChI=1S/C14H19ClN4O2/c1-9(14(20)19-4-6-21-7-5-19)16-12-8-11(15)17-13(18-12)10-2-3-10/h8-10H,2-7H2,1H3,(H,16,17,18). The van der Waals surface area contributed by atoms with E-state index < -0.39 is 0 Å². The number of carbonyl (C=O) groups is 1. The van der Waals surface area contributed by atoms with E-state index in [1.54, 1.807) is 6.07 Å². The monoisotopic (exact) mass is 310 g/mol. The van der Waals surface area contributed by atoms with Gasteiger partial charge in [-0.15, -0.1) is 0 Å². The van der Waals surface area contributed by atoms with Crippen molar-refractivity contribution < 1.29 is 9.53 Å². The van der Waals surface area contributed by atoms with Crippen molar-refractivity contribution in [1.29, 1.82) is 0 Å². The number of carbonyl (C=O) groups excluding carboxylic acids is 1. The molecule has 1 N–H and O–H groups in total. The summed E-state index contributed by atoms with van der Waals surface area (Å²) in [6.45, 7) is 4.32. The highest BCUT2D eigenvalue weighted by molar-refractivity contribution is 6.29. The normalized spacial score (nSPS) is 20.2. The number of hydrogen-bond donors (Lipinski definition) is 1.